The van der Waals surface area contributed by atoms with Gasteiger partial charge < -0.3 is 14.8 Å². The molecule has 0 spiro atoms. The standard InChI is InChI=1S/C20H20N2O4/c1-4-22-19(23)17(13-8-6-5-7-9-13)18(20(22)24)21-15-12-14(25-2)10-11-16(15)26-3/h5-12,21H,4H2,1-3H3. The summed E-state index contributed by atoms with van der Waals surface area (Å²) in [5.41, 5.74) is 1.82. The highest BCUT2D eigenvalue weighted by Gasteiger charge is 2.38. The maximum Gasteiger partial charge on any atom is 0.278 e. The lowest BCUT2D eigenvalue weighted by atomic mass is 10.0. The van der Waals surface area contributed by atoms with Crippen LogP contribution in [0.15, 0.2) is 54.2 Å². The maximum atomic E-state index is 12.8. The fourth-order valence-corrected chi connectivity index (χ4v) is 2.90. The fraction of sp³-hybridized carbons (Fsp3) is 0.200. The quantitative estimate of drug-likeness (QED) is 0.810. The van der Waals surface area contributed by atoms with Gasteiger partial charge in [-0.3, -0.25) is 14.5 Å². The van der Waals surface area contributed by atoms with Gasteiger partial charge in [-0.2, -0.15) is 0 Å². The predicted molar refractivity (Wildman–Crippen MR) is 98.9 cm³/mol. The van der Waals surface area contributed by atoms with Gasteiger partial charge in [-0.05, 0) is 24.6 Å². The van der Waals surface area contributed by atoms with Gasteiger partial charge in [-0.25, -0.2) is 0 Å². The SMILES string of the molecule is CCN1C(=O)C(Nc2cc(OC)ccc2OC)=C(c2ccccc2)C1=O. The minimum atomic E-state index is -0.360. The first-order chi connectivity index (χ1) is 12.6. The van der Waals surface area contributed by atoms with E-state index in [4.69, 9.17) is 9.47 Å². The Morgan fingerprint density at radius 1 is 0.962 bits per heavy atom. The van der Waals surface area contributed by atoms with Crippen molar-refractivity contribution in [1.29, 1.82) is 0 Å². The molecule has 0 unspecified atom stereocenters. The van der Waals surface area contributed by atoms with E-state index in [1.807, 2.05) is 30.3 Å². The van der Waals surface area contributed by atoms with Crippen LogP contribution < -0.4 is 14.8 Å². The number of hydrogen-bond donors (Lipinski definition) is 1. The van der Waals surface area contributed by atoms with E-state index in [1.54, 1.807) is 39.3 Å². The first-order valence-corrected chi connectivity index (χ1v) is 8.25. The molecule has 2 aromatic carbocycles. The third kappa shape index (κ3) is 3.01. The molecular weight excluding hydrogens is 332 g/mol. The van der Waals surface area contributed by atoms with Crippen molar-refractivity contribution in [1.82, 2.24) is 4.90 Å². The molecule has 0 aromatic heterocycles. The van der Waals surface area contributed by atoms with Crippen LogP contribution in [0.1, 0.15) is 12.5 Å². The van der Waals surface area contributed by atoms with Gasteiger partial charge in [0.1, 0.15) is 17.2 Å². The van der Waals surface area contributed by atoms with Crippen LogP contribution in [-0.4, -0.2) is 37.5 Å². The molecule has 0 saturated carbocycles. The number of likely N-dealkylation sites (N-methyl/N-ethyl adjacent to an activating group) is 1. The first-order valence-electron chi connectivity index (χ1n) is 8.25. The number of methoxy groups -OCH3 is 2. The highest BCUT2D eigenvalue weighted by molar-refractivity contribution is 6.36. The van der Waals surface area contributed by atoms with E-state index in [0.29, 0.717) is 34.9 Å². The van der Waals surface area contributed by atoms with Crippen LogP contribution in [0.5, 0.6) is 11.5 Å². The zero-order valence-electron chi connectivity index (χ0n) is 14.9. The lowest BCUT2D eigenvalue weighted by molar-refractivity contribution is -0.136. The Kier molecular flexibility index (Phi) is 4.93. The smallest absolute Gasteiger partial charge is 0.278 e. The molecule has 2 aromatic rings. The Bertz CT molecular complexity index is 875. The summed E-state index contributed by atoms with van der Waals surface area (Å²) in [7, 11) is 3.10. The Hall–Kier alpha value is -3.28. The first kappa shape index (κ1) is 17.5. The summed E-state index contributed by atoms with van der Waals surface area (Å²) in [6, 6.07) is 14.4. The second kappa shape index (κ2) is 7.31. The second-order valence-electron chi connectivity index (χ2n) is 5.66. The van der Waals surface area contributed by atoms with Crippen LogP contribution >= 0.6 is 0 Å². The van der Waals surface area contributed by atoms with Gasteiger partial charge >= 0.3 is 0 Å². The van der Waals surface area contributed by atoms with Crippen molar-refractivity contribution >= 4 is 23.1 Å². The van der Waals surface area contributed by atoms with Crippen molar-refractivity contribution in [3.05, 3.63) is 59.8 Å². The molecule has 1 heterocycles. The molecule has 0 bridgehead atoms. The molecule has 2 amide bonds. The van der Waals surface area contributed by atoms with Crippen LogP contribution in [0.2, 0.25) is 0 Å². The summed E-state index contributed by atoms with van der Waals surface area (Å²) in [5, 5.41) is 3.09. The lowest BCUT2D eigenvalue weighted by Gasteiger charge is -2.14. The second-order valence-corrected chi connectivity index (χ2v) is 5.66. The van der Waals surface area contributed by atoms with Crippen LogP contribution in [0.3, 0.4) is 0 Å². The number of nitrogens with one attached hydrogen (secondary N) is 1. The van der Waals surface area contributed by atoms with E-state index in [0.717, 1.165) is 0 Å². The number of nitrogens with zero attached hydrogens (tertiary/aromatic N) is 1. The van der Waals surface area contributed by atoms with Gasteiger partial charge in [0.05, 0.1) is 25.5 Å². The Balaban J connectivity index is 2.12. The highest BCUT2D eigenvalue weighted by Crippen LogP contribution is 2.34. The van der Waals surface area contributed by atoms with E-state index >= 15 is 0 Å². The number of rotatable bonds is 6. The number of imide groups is 1. The molecule has 6 heteroatoms. The van der Waals surface area contributed by atoms with Crippen molar-refractivity contribution in [2.75, 3.05) is 26.1 Å². The average molecular weight is 352 g/mol. The van der Waals surface area contributed by atoms with Gasteiger partial charge in [0.15, 0.2) is 0 Å². The monoisotopic (exact) mass is 352 g/mol. The molecule has 6 nitrogen and oxygen atoms in total. The zero-order chi connectivity index (χ0) is 18.7. The normalized spacial score (nSPS) is 14.0. The Morgan fingerprint density at radius 2 is 1.69 bits per heavy atom. The molecule has 0 aliphatic carbocycles. The van der Waals surface area contributed by atoms with Gasteiger partial charge in [-0.1, -0.05) is 30.3 Å². The van der Waals surface area contributed by atoms with E-state index < -0.39 is 0 Å². The average Bonchev–Trinajstić information content (AvgIpc) is 2.91. The summed E-state index contributed by atoms with van der Waals surface area (Å²) in [6.07, 6.45) is 0. The molecule has 3 rings (SSSR count). The van der Waals surface area contributed by atoms with E-state index in [9.17, 15) is 9.59 Å². The van der Waals surface area contributed by atoms with E-state index in [2.05, 4.69) is 5.32 Å². The number of benzene rings is 2. The third-order valence-corrected chi connectivity index (χ3v) is 4.21. The lowest BCUT2D eigenvalue weighted by Crippen LogP contribution is -2.32. The van der Waals surface area contributed by atoms with Gasteiger partial charge in [0, 0.05) is 12.6 Å². The van der Waals surface area contributed by atoms with Crippen LogP contribution in [-0.2, 0) is 9.59 Å². The molecule has 0 radical (unpaired) electrons. The van der Waals surface area contributed by atoms with Crippen molar-refractivity contribution in [2.24, 2.45) is 0 Å². The number of anilines is 1. The number of amides is 2. The van der Waals surface area contributed by atoms with Crippen molar-refractivity contribution in [2.45, 2.75) is 6.92 Å². The summed E-state index contributed by atoms with van der Waals surface area (Å²) in [6.45, 7) is 2.07. The summed E-state index contributed by atoms with van der Waals surface area (Å²) in [4.78, 5) is 26.8. The summed E-state index contributed by atoms with van der Waals surface area (Å²) >= 11 is 0. The Morgan fingerprint density at radius 3 is 2.31 bits per heavy atom. The van der Waals surface area contributed by atoms with Crippen LogP contribution in [0.4, 0.5) is 5.69 Å². The molecule has 0 atom stereocenters. The topological polar surface area (TPSA) is 67.9 Å². The number of carbonyl (C=O) groups is 2. The molecule has 1 aliphatic heterocycles. The van der Waals surface area contributed by atoms with Crippen LogP contribution in [0.25, 0.3) is 5.57 Å². The van der Waals surface area contributed by atoms with Gasteiger partial charge in [0.25, 0.3) is 11.8 Å². The number of hydrogen-bond acceptors (Lipinski definition) is 5. The molecule has 1 aliphatic rings. The third-order valence-electron chi connectivity index (χ3n) is 4.21. The molecule has 0 saturated heterocycles. The molecule has 0 fully saturated rings. The summed E-state index contributed by atoms with van der Waals surface area (Å²) < 4.78 is 10.6. The number of carbonyl (C=O) groups excluding carboxylic acids is 2. The van der Waals surface area contributed by atoms with E-state index in [-0.39, 0.29) is 17.5 Å². The molecule has 134 valence electrons. The highest BCUT2D eigenvalue weighted by atomic mass is 16.5. The number of ether oxygens (including phenoxy) is 2. The predicted octanol–water partition coefficient (Wildman–Crippen LogP) is 2.92. The Labute approximate surface area is 152 Å². The van der Waals surface area contributed by atoms with E-state index in [1.165, 1.54) is 4.90 Å². The van der Waals surface area contributed by atoms with Crippen molar-refractivity contribution in [3.63, 3.8) is 0 Å². The fourth-order valence-electron chi connectivity index (χ4n) is 2.90. The summed E-state index contributed by atoms with van der Waals surface area (Å²) in [5.74, 6) is 0.481. The van der Waals surface area contributed by atoms with Crippen molar-refractivity contribution < 1.29 is 19.1 Å². The van der Waals surface area contributed by atoms with Crippen LogP contribution in [0, 0.1) is 0 Å². The molecule has 1 N–H and O–H groups in total. The molecular formula is C20H20N2O4. The zero-order valence-corrected chi connectivity index (χ0v) is 14.9. The van der Waals surface area contributed by atoms with Crippen molar-refractivity contribution in [3.8, 4) is 11.5 Å². The maximum absolute atomic E-state index is 12.8. The van der Waals surface area contributed by atoms with Gasteiger partial charge in [-0.15, -0.1) is 0 Å². The minimum absolute atomic E-state index is 0.231. The van der Waals surface area contributed by atoms with Gasteiger partial charge in [0.2, 0.25) is 0 Å². The minimum Gasteiger partial charge on any atom is -0.497 e. The molecule has 26 heavy (non-hydrogen) atoms. The largest absolute Gasteiger partial charge is 0.497 e.